The molecule has 0 saturated heterocycles. The highest BCUT2D eigenvalue weighted by atomic mass is 16.5. The predicted molar refractivity (Wildman–Crippen MR) is 86.1 cm³/mol. The molecule has 0 amide bonds. The summed E-state index contributed by atoms with van der Waals surface area (Å²) in [6.07, 6.45) is 3.85. The molecular formula is C18H20O4. The van der Waals surface area contributed by atoms with E-state index in [1.54, 1.807) is 14.2 Å². The van der Waals surface area contributed by atoms with E-state index in [-0.39, 0.29) is 0 Å². The fraction of sp³-hybridized carbons (Fsp3) is 0.222. The maximum atomic E-state index is 5.57. The van der Waals surface area contributed by atoms with Gasteiger partial charge in [-0.05, 0) is 60.7 Å². The summed E-state index contributed by atoms with van der Waals surface area (Å²) < 4.78 is 21.3. The molecule has 2 aromatic rings. The molecule has 0 bridgehead atoms. The van der Waals surface area contributed by atoms with Gasteiger partial charge < -0.3 is 18.9 Å². The van der Waals surface area contributed by atoms with Crippen molar-refractivity contribution >= 4 is 0 Å². The van der Waals surface area contributed by atoms with Crippen LogP contribution in [0.1, 0.15) is 0 Å². The van der Waals surface area contributed by atoms with Gasteiger partial charge in [-0.2, -0.15) is 0 Å². The van der Waals surface area contributed by atoms with Gasteiger partial charge in [0.1, 0.15) is 36.2 Å². The molecule has 0 unspecified atom stereocenters. The zero-order valence-corrected chi connectivity index (χ0v) is 12.8. The van der Waals surface area contributed by atoms with Crippen molar-refractivity contribution in [3.63, 3.8) is 0 Å². The molecule has 0 aliphatic carbocycles. The molecule has 0 radical (unpaired) electrons. The summed E-state index contributed by atoms with van der Waals surface area (Å²) in [4.78, 5) is 0. The third kappa shape index (κ3) is 5.05. The van der Waals surface area contributed by atoms with E-state index in [9.17, 15) is 0 Å². The highest BCUT2D eigenvalue weighted by Crippen LogP contribution is 2.17. The van der Waals surface area contributed by atoms with Crippen molar-refractivity contribution in [2.75, 3.05) is 27.4 Å². The minimum absolute atomic E-state index is 0.498. The van der Waals surface area contributed by atoms with Gasteiger partial charge in [0.15, 0.2) is 0 Å². The molecule has 116 valence electrons. The van der Waals surface area contributed by atoms with Crippen LogP contribution < -0.4 is 18.9 Å². The quantitative estimate of drug-likeness (QED) is 0.696. The maximum absolute atomic E-state index is 5.57. The Hall–Kier alpha value is -2.62. The first kappa shape index (κ1) is 15.8. The van der Waals surface area contributed by atoms with Gasteiger partial charge in [-0.25, -0.2) is 0 Å². The van der Waals surface area contributed by atoms with Gasteiger partial charge in [0.25, 0.3) is 0 Å². The third-order valence-electron chi connectivity index (χ3n) is 2.98. The van der Waals surface area contributed by atoms with E-state index in [2.05, 4.69) is 0 Å². The lowest BCUT2D eigenvalue weighted by Crippen LogP contribution is -1.97. The maximum Gasteiger partial charge on any atom is 0.120 e. The van der Waals surface area contributed by atoms with Crippen LogP contribution in [0.25, 0.3) is 0 Å². The molecule has 22 heavy (non-hydrogen) atoms. The van der Waals surface area contributed by atoms with Gasteiger partial charge >= 0.3 is 0 Å². The van der Waals surface area contributed by atoms with Gasteiger partial charge in [-0.3, -0.25) is 0 Å². The molecule has 0 aliphatic rings. The summed E-state index contributed by atoms with van der Waals surface area (Å²) in [7, 11) is 3.28. The van der Waals surface area contributed by atoms with Crippen molar-refractivity contribution in [1.29, 1.82) is 0 Å². The van der Waals surface area contributed by atoms with Crippen molar-refractivity contribution in [2.45, 2.75) is 0 Å². The van der Waals surface area contributed by atoms with E-state index in [1.807, 2.05) is 60.7 Å². The lowest BCUT2D eigenvalue weighted by Gasteiger charge is -2.05. The Labute approximate surface area is 130 Å². The molecule has 0 atom stereocenters. The number of hydrogen-bond acceptors (Lipinski definition) is 4. The van der Waals surface area contributed by atoms with E-state index in [4.69, 9.17) is 18.9 Å². The Balaban J connectivity index is 1.66. The fourth-order valence-corrected chi connectivity index (χ4v) is 1.77. The van der Waals surface area contributed by atoms with Gasteiger partial charge in [0, 0.05) is 0 Å². The van der Waals surface area contributed by atoms with Crippen molar-refractivity contribution in [3.05, 3.63) is 60.7 Å². The number of benzene rings is 2. The molecule has 0 spiro atoms. The molecule has 0 saturated carbocycles. The summed E-state index contributed by atoms with van der Waals surface area (Å²) in [6.45, 7) is 0.997. The Kier molecular flexibility index (Phi) is 6.18. The van der Waals surface area contributed by atoms with Crippen LogP contribution in [0, 0.1) is 0 Å². The minimum Gasteiger partial charge on any atom is -0.497 e. The zero-order valence-electron chi connectivity index (χ0n) is 12.8. The highest BCUT2D eigenvalue weighted by Gasteiger charge is 1.94. The van der Waals surface area contributed by atoms with Crippen LogP contribution >= 0.6 is 0 Å². The summed E-state index contributed by atoms with van der Waals surface area (Å²) >= 11 is 0. The normalized spacial score (nSPS) is 10.5. The second-order valence-corrected chi connectivity index (χ2v) is 4.44. The minimum atomic E-state index is 0.498. The van der Waals surface area contributed by atoms with Gasteiger partial charge in [-0.1, -0.05) is 0 Å². The molecular weight excluding hydrogens is 280 g/mol. The first-order valence-electron chi connectivity index (χ1n) is 7.00. The van der Waals surface area contributed by atoms with Crippen LogP contribution in [0.4, 0.5) is 0 Å². The molecule has 2 aromatic carbocycles. The second kappa shape index (κ2) is 8.62. The van der Waals surface area contributed by atoms with Crippen molar-refractivity contribution < 1.29 is 18.9 Å². The molecule has 0 N–H and O–H groups in total. The van der Waals surface area contributed by atoms with Gasteiger partial charge in [0.05, 0.1) is 14.2 Å². The van der Waals surface area contributed by atoms with Crippen molar-refractivity contribution in [3.8, 4) is 23.0 Å². The van der Waals surface area contributed by atoms with Crippen molar-refractivity contribution in [2.24, 2.45) is 0 Å². The van der Waals surface area contributed by atoms with E-state index in [1.165, 1.54) is 0 Å². The smallest absolute Gasteiger partial charge is 0.120 e. The largest absolute Gasteiger partial charge is 0.497 e. The van der Waals surface area contributed by atoms with E-state index >= 15 is 0 Å². The van der Waals surface area contributed by atoms with E-state index < -0.39 is 0 Å². The first-order chi connectivity index (χ1) is 10.8. The molecule has 0 aliphatic heterocycles. The lowest BCUT2D eigenvalue weighted by molar-refractivity contribution is 0.348. The van der Waals surface area contributed by atoms with Crippen LogP contribution in [-0.2, 0) is 0 Å². The fourth-order valence-electron chi connectivity index (χ4n) is 1.77. The SMILES string of the molecule is COc1ccc(OC/C=C\COc2ccc(OC)cc2)cc1. The van der Waals surface area contributed by atoms with Gasteiger partial charge in [-0.15, -0.1) is 0 Å². The predicted octanol–water partition coefficient (Wildman–Crippen LogP) is 3.72. The Morgan fingerprint density at radius 3 is 1.23 bits per heavy atom. The van der Waals surface area contributed by atoms with Crippen LogP contribution in [-0.4, -0.2) is 27.4 Å². The standard InChI is InChI=1S/C18H20O4/c1-19-15-5-9-17(10-6-15)21-13-3-4-14-22-18-11-7-16(20-2)8-12-18/h3-12H,13-14H2,1-2H3/b4-3-. The van der Waals surface area contributed by atoms with Crippen LogP contribution in [0.3, 0.4) is 0 Å². The number of hydrogen-bond donors (Lipinski definition) is 0. The average Bonchev–Trinajstić information content (AvgIpc) is 2.59. The van der Waals surface area contributed by atoms with Crippen molar-refractivity contribution in [1.82, 2.24) is 0 Å². The van der Waals surface area contributed by atoms with E-state index in [0.717, 1.165) is 23.0 Å². The highest BCUT2D eigenvalue weighted by molar-refractivity contribution is 5.32. The Bertz CT molecular complexity index is 520. The Morgan fingerprint density at radius 2 is 0.909 bits per heavy atom. The van der Waals surface area contributed by atoms with E-state index in [0.29, 0.717) is 13.2 Å². The monoisotopic (exact) mass is 300 g/mol. The zero-order chi connectivity index (χ0) is 15.6. The lowest BCUT2D eigenvalue weighted by atomic mass is 10.3. The summed E-state index contributed by atoms with van der Waals surface area (Å²) in [5.74, 6) is 3.25. The molecule has 0 fully saturated rings. The molecule has 0 heterocycles. The number of rotatable bonds is 8. The number of ether oxygens (including phenoxy) is 4. The average molecular weight is 300 g/mol. The summed E-state index contributed by atoms with van der Waals surface area (Å²) in [5, 5.41) is 0. The van der Waals surface area contributed by atoms with Crippen LogP contribution in [0.2, 0.25) is 0 Å². The summed E-state index contributed by atoms with van der Waals surface area (Å²) in [5.41, 5.74) is 0. The van der Waals surface area contributed by atoms with Gasteiger partial charge in [0.2, 0.25) is 0 Å². The Morgan fingerprint density at radius 1 is 0.591 bits per heavy atom. The molecule has 2 rings (SSSR count). The third-order valence-corrected chi connectivity index (χ3v) is 2.98. The second-order valence-electron chi connectivity index (χ2n) is 4.44. The summed E-state index contributed by atoms with van der Waals surface area (Å²) in [6, 6.07) is 15.0. The first-order valence-corrected chi connectivity index (χ1v) is 7.00. The van der Waals surface area contributed by atoms with Crippen LogP contribution in [0.15, 0.2) is 60.7 Å². The molecule has 4 heteroatoms. The number of methoxy groups -OCH3 is 2. The molecule has 0 aromatic heterocycles. The van der Waals surface area contributed by atoms with Crippen LogP contribution in [0.5, 0.6) is 23.0 Å². The molecule has 4 nitrogen and oxygen atoms in total. The topological polar surface area (TPSA) is 36.9 Å².